The lowest BCUT2D eigenvalue weighted by Crippen LogP contribution is -2.36. The first-order chi connectivity index (χ1) is 8.78. The minimum atomic E-state index is 0.783. The van der Waals surface area contributed by atoms with E-state index in [1.165, 1.54) is 10.4 Å². The predicted octanol–water partition coefficient (Wildman–Crippen LogP) is 1.95. The first kappa shape index (κ1) is 12.7. The van der Waals surface area contributed by atoms with Gasteiger partial charge in [0.15, 0.2) is 5.96 Å². The van der Waals surface area contributed by atoms with Crippen LogP contribution in [0.5, 0.6) is 0 Å². The maximum Gasteiger partial charge on any atom is 0.191 e. The van der Waals surface area contributed by atoms with Crippen LogP contribution in [-0.2, 0) is 20.1 Å². The summed E-state index contributed by atoms with van der Waals surface area (Å²) >= 11 is 1.74. The third-order valence-electron chi connectivity index (χ3n) is 2.59. The van der Waals surface area contributed by atoms with Crippen molar-refractivity contribution in [2.24, 2.45) is 12.0 Å². The van der Waals surface area contributed by atoms with Crippen LogP contribution in [0.2, 0.25) is 0 Å². The molecule has 0 spiro atoms. The van der Waals surface area contributed by atoms with E-state index in [-0.39, 0.29) is 0 Å². The molecule has 2 rings (SSSR count). The summed E-state index contributed by atoms with van der Waals surface area (Å²) in [7, 11) is 3.81. The molecule has 5 heteroatoms. The Kier molecular flexibility index (Phi) is 4.41. The molecule has 0 aliphatic rings. The molecular formula is C13H18N4S. The molecule has 18 heavy (non-hydrogen) atoms. The van der Waals surface area contributed by atoms with E-state index in [0.717, 1.165) is 19.0 Å². The molecule has 2 heterocycles. The van der Waals surface area contributed by atoms with Crippen LogP contribution in [0.25, 0.3) is 0 Å². The SMILES string of the molecule is CN=C(NCc1ccn(C)c1)NCc1cccs1. The average Bonchev–Trinajstić information content (AvgIpc) is 3.01. The van der Waals surface area contributed by atoms with Crippen LogP contribution in [0.1, 0.15) is 10.4 Å². The number of aromatic nitrogens is 1. The van der Waals surface area contributed by atoms with Crippen molar-refractivity contribution < 1.29 is 0 Å². The molecule has 0 aliphatic heterocycles. The van der Waals surface area contributed by atoms with Gasteiger partial charge in [-0.15, -0.1) is 11.3 Å². The number of aliphatic imine (C=N–C) groups is 1. The number of hydrogen-bond donors (Lipinski definition) is 2. The quantitative estimate of drug-likeness (QED) is 0.653. The number of rotatable bonds is 4. The van der Waals surface area contributed by atoms with E-state index in [4.69, 9.17) is 0 Å². The number of thiophene rings is 1. The molecule has 0 saturated heterocycles. The summed E-state index contributed by atoms with van der Waals surface area (Å²) in [6.07, 6.45) is 4.14. The molecule has 0 aliphatic carbocycles. The number of nitrogens with zero attached hydrogens (tertiary/aromatic N) is 2. The van der Waals surface area contributed by atoms with Gasteiger partial charge < -0.3 is 15.2 Å². The molecule has 0 unspecified atom stereocenters. The minimum absolute atomic E-state index is 0.783. The summed E-state index contributed by atoms with van der Waals surface area (Å²) in [4.78, 5) is 5.50. The second kappa shape index (κ2) is 6.26. The lowest BCUT2D eigenvalue weighted by molar-refractivity contribution is 0.812. The third kappa shape index (κ3) is 3.63. The minimum Gasteiger partial charge on any atom is -0.357 e. The van der Waals surface area contributed by atoms with Crippen LogP contribution in [0, 0.1) is 0 Å². The Bertz CT molecular complexity index is 499. The van der Waals surface area contributed by atoms with Gasteiger partial charge in [0.1, 0.15) is 0 Å². The Balaban J connectivity index is 1.79. The van der Waals surface area contributed by atoms with Crippen molar-refractivity contribution in [1.29, 1.82) is 0 Å². The smallest absolute Gasteiger partial charge is 0.191 e. The zero-order valence-electron chi connectivity index (χ0n) is 10.7. The van der Waals surface area contributed by atoms with Gasteiger partial charge in [-0.25, -0.2) is 0 Å². The predicted molar refractivity (Wildman–Crippen MR) is 76.8 cm³/mol. The molecule has 2 aromatic heterocycles. The van der Waals surface area contributed by atoms with Crippen LogP contribution in [0.4, 0.5) is 0 Å². The molecule has 0 fully saturated rings. The second-order valence-corrected chi connectivity index (χ2v) is 5.08. The van der Waals surface area contributed by atoms with E-state index in [1.54, 1.807) is 18.4 Å². The molecular weight excluding hydrogens is 244 g/mol. The van der Waals surface area contributed by atoms with Crippen molar-refractivity contribution in [3.05, 3.63) is 46.4 Å². The normalized spacial score (nSPS) is 11.6. The summed E-state index contributed by atoms with van der Waals surface area (Å²) < 4.78 is 2.04. The summed E-state index contributed by atoms with van der Waals surface area (Å²) in [5.41, 5.74) is 1.25. The van der Waals surface area contributed by atoms with Gasteiger partial charge in [0.05, 0.1) is 6.54 Å². The maximum absolute atomic E-state index is 4.20. The monoisotopic (exact) mass is 262 g/mol. The van der Waals surface area contributed by atoms with E-state index >= 15 is 0 Å². The van der Waals surface area contributed by atoms with E-state index < -0.39 is 0 Å². The van der Waals surface area contributed by atoms with E-state index in [9.17, 15) is 0 Å². The Morgan fingerprint density at radius 2 is 2.17 bits per heavy atom. The number of guanidine groups is 1. The van der Waals surface area contributed by atoms with E-state index in [2.05, 4.69) is 45.4 Å². The van der Waals surface area contributed by atoms with Crippen molar-refractivity contribution in [1.82, 2.24) is 15.2 Å². The molecule has 0 amide bonds. The second-order valence-electron chi connectivity index (χ2n) is 4.04. The molecule has 4 nitrogen and oxygen atoms in total. The number of aryl methyl sites for hydroxylation is 1. The molecule has 0 aromatic carbocycles. The van der Waals surface area contributed by atoms with Crippen LogP contribution in [-0.4, -0.2) is 17.6 Å². The lowest BCUT2D eigenvalue weighted by Gasteiger charge is -2.10. The van der Waals surface area contributed by atoms with E-state index in [1.807, 2.05) is 17.8 Å². The summed E-state index contributed by atoms with van der Waals surface area (Å²) in [6.45, 7) is 1.59. The zero-order valence-corrected chi connectivity index (χ0v) is 11.5. The average molecular weight is 262 g/mol. The largest absolute Gasteiger partial charge is 0.357 e. The molecule has 96 valence electrons. The molecule has 0 atom stereocenters. The van der Waals surface area contributed by atoms with Crippen molar-refractivity contribution in [3.8, 4) is 0 Å². The highest BCUT2D eigenvalue weighted by Crippen LogP contribution is 2.07. The molecule has 0 radical (unpaired) electrons. The fourth-order valence-electron chi connectivity index (χ4n) is 1.66. The lowest BCUT2D eigenvalue weighted by atomic mass is 10.3. The van der Waals surface area contributed by atoms with Gasteiger partial charge in [0.2, 0.25) is 0 Å². The Morgan fingerprint density at radius 3 is 2.78 bits per heavy atom. The first-order valence-corrected chi connectivity index (χ1v) is 6.73. The fraction of sp³-hybridized carbons (Fsp3) is 0.308. The Hall–Kier alpha value is -1.75. The van der Waals surface area contributed by atoms with E-state index in [0.29, 0.717) is 0 Å². The van der Waals surface area contributed by atoms with Crippen LogP contribution in [0.3, 0.4) is 0 Å². The summed E-state index contributed by atoms with van der Waals surface area (Å²) in [5, 5.41) is 8.66. The fourth-order valence-corrected chi connectivity index (χ4v) is 2.30. The van der Waals surface area contributed by atoms with Crippen LogP contribution < -0.4 is 10.6 Å². The molecule has 2 aromatic rings. The third-order valence-corrected chi connectivity index (χ3v) is 3.46. The molecule has 0 bridgehead atoms. The summed E-state index contributed by atoms with van der Waals surface area (Å²) in [6, 6.07) is 6.27. The highest BCUT2D eigenvalue weighted by atomic mass is 32.1. The van der Waals surface area contributed by atoms with Crippen molar-refractivity contribution in [2.75, 3.05) is 7.05 Å². The number of nitrogens with one attached hydrogen (secondary N) is 2. The highest BCUT2D eigenvalue weighted by molar-refractivity contribution is 7.09. The van der Waals surface area contributed by atoms with Gasteiger partial charge in [-0.2, -0.15) is 0 Å². The highest BCUT2D eigenvalue weighted by Gasteiger charge is 2.00. The van der Waals surface area contributed by atoms with Gasteiger partial charge >= 0.3 is 0 Å². The van der Waals surface area contributed by atoms with Crippen molar-refractivity contribution in [2.45, 2.75) is 13.1 Å². The number of hydrogen-bond acceptors (Lipinski definition) is 2. The van der Waals surface area contributed by atoms with Crippen LogP contribution >= 0.6 is 11.3 Å². The van der Waals surface area contributed by atoms with Crippen molar-refractivity contribution >= 4 is 17.3 Å². The summed E-state index contributed by atoms with van der Waals surface area (Å²) in [5.74, 6) is 0.826. The van der Waals surface area contributed by atoms with Crippen molar-refractivity contribution in [3.63, 3.8) is 0 Å². The Morgan fingerprint density at radius 1 is 1.33 bits per heavy atom. The molecule has 0 saturated carbocycles. The zero-order chi connectivity index (χ0) is 12.8. The van der Waals surface area contributed by atoms with Crippen LogP contribution in [0.15, 0.2) is 41.0 Å². The van der Waals surface area contributed by atoms with Gasteiger partial charge in [0.25, 0.3) is 0 Å². The first-order valence-electron chi connectivity index (χ1n) is 5.85. The van der Waals surface area contributed by atoms with Gasteiger partial charge in [-0.3, -0.25) is 4.99 Å². The van der Waals surface area contributed by atoms with Gasteiger partial charge in [-0.05, 0) is 23.1 Å². The Labute approximate surface area is 111 Å². The topological polar surface area (TPSA) is 41.4 Å². The van der Waals surface area contributed by atoms with Gasteiger partial charge in [0, 0.05) is 37.9 Å². The van der Waals surface area contributed by atoms with Gasteiger partial charge in [-0.1, -0.05) is 6.07 Å². The standard InChI is InChI=1S/C13H18N4S/c1-14-13(16-9-12-4-3-7-18-12)15-8-11-5-6-17(2)10-11/h3-7,10H,8-9H2,1-2H3,(H2,14,15,16). The maximum atomic E-state index is 4.20. The molecule has 2 N–H and O–H groups in total.